The monoisotopic (exact) mass is 485 g/mol. The lowest BCUT2D eigenvalue weighted by Crippen LogP contribution is -2.38. The van der Waals surface area contributed by atoms with E-state index in [4.69, 9.17) is 14.2 Å². The van der Waals surface area contributed by atoms with E-state index in [1.165, 1.54) is 0 Å². The number of methoxy groups -OCH3 is 1. The number of nitrogens with one attached hydrogen (secondary N) is 1. The molecule has 0 aliphatic carbocycles. The predicted molar refractivity (Wildman–Crippen MR) is 143 cm³/mol. The normalized spacial score (nSPS) is 15.7. The molecule has 1 aromatic carbocycles. The van der Waals surface area contributed by atoms with Crippen LogP contribution in [0.5, 0.6) is 0 Å². The van der Waals surface area contributed by atoms with Gasteiger partial charge in [-0.1, -0.05) is 50.2 Å². The third-order valence-electron chi connectivity index (χ3n) is 5.35. The van der Waals surface area contributed by atoms with Crippen LogP contribution in [0.2, 0.25) is 0 Å². The van der Waals surface area contributed by atoms with E-state index in [1.807, 2.05) is 32.0 Å². The van der Waals surface area contributed by atoms with Crippen LogP contribution in [0.3, 0.4) is 0 Å². The number of thioether (sulfide) groups is 1. The third kappa shape index (κ3) is 8.10. The van der Waals surface area contributed by atoms with Crippen LogP contribution >= 0.6 is 11.8 Å². The fourth-order valence-electron chi connectivity index (χ4n) is 3.35. The number of aryl methyl sites for hydroxylation is 1. The molecule has 6 heteroatoms. The number of ether oxygens (including phenoxy) is 3. The van der Waals surface area contributed by atoms with Crippen molar-refractivity contribution in [3.8, 4) is 0 Å². The molecule has 186 valence electrons. The van der Waals surface area contributed by atoms with E-state index in [0.717, 1.165) is 57.4 Å². The van der Waals surface area contributed by atoms with Gasteiger partial charge in [-0.25, -0.2) is 0 Å². The van der Waals surface area contributed by atoms with Gasteiger partial charge in [0.25, 0.3) is 0 Å². The molecule has 0 atom stereocenters. The number of hydrogen-bond acceptors (Lipinski definition) is 5. The molecule has 1 N–H and O–H groups in total. The van der Waals surface area contributed by atoms with Gasteiger partial charge >= 0.3 is 0 Å². The van der Waals surface area contributed by atoms with Crippen molar-refractivity contribution in [2.24, 2.45) is 5.92 Å². The lowest BCUT2D eigenvalue weighted by Gasteiger charge is -2.25. The van der Waals surface area contributed by atoms with Gasteiger partial charge in [0.05, 0.1) is 32.8 Å². The van der Waals surface area contributed by atoms with Gasteiger partial charge in [-0.2, -0.15) is 0 Å². The molecule has 0 bridgehead atoms. The molecule has 1 amide bonds. The Kier molecular flexibility index (Phi) is 12.1. The second-order valence-corrected chi connectivity index (χ2v) is 9.08. The highest BCUT2D eigenvalue weighted by Gasteiger charge is 2.26. The van der Waals surface area contributed by atoms with Crippen LogP contribution in [0, 0.1) is 12.8 Å². The van der Waals surface area contributed by atoms with Gasteiger partial charge in [-0.15, -0.1) is 0 Å². The quantitative estimate of drug-likeness (QED) is 0.236. The highest BCUT2D eigenvalue weighted by Crippen LogP contribution is 2.35. The molecule has 0 aromatic heterocycles. The van der Waals surface area contributed by atoms with Crippen molar-refractivity contribution in [1.82, 2.24) is 0 Å². The largest absolute Gasteiger partial charge is 0.493 e. The number of carbonyl (C=O) groups is 1. The van der Waals surface area contributed by atoms with Crippen molar-refractivity contribution in [3.05, 3.63) is 69.2 Å². The van der Waals surface area contributed by atoms with Crippen molar-refractivity contribution >= 4 is 29.1 Å². The third-order valence-corrected chi connectivity index (χ3v) is 6.57. The summed E-state index contributed by atoms with van der Waals surface area (Å²) >= 11 is 1.62. The van der Waals surface area contributed by atoms with Crippen molar-refractivity contribution < 1.29 is 19.0 Å². The molecule has 0 saturated carbocycles. The van der Waals surface area contributed by atoms with Crippen molar-refractivity contribution in [2.75, 3.05) is 32.2 Å². The van der Waals surface area contributed by atoms with E-state index in [9.17, 15) is 4.79 Å². The van der Waals surface area contributed by atoms with Gasteiger partial charge in [-0.3, -0.25) is 4.79 Å². The first-order valence-electron chi connectivity index (χ1n) is 12.1. The van der Waals surface area contributed by atoms with Gasteiger partial charge in [0.15, 0.2) is 5.09 Å². The molecule has 1 aliphatic rings. The topological polar surface area (TPSA) is 56.8 Å². The Balaban J connectivity index is 2.44. The van der Waals surface area contributed by atoms with Crippen LogP contribution in [-0.4, -0.2) is 32.8 Å². The molecule has 1 fully saturated rings. The summed E-state index contributed by atoms with van der Waals surface area (Å²) in [6, 6.07) is 5.94. The fraction of sp³-hybridized carbons (Fsp3) is 0.464. The molecule has 0 spiro atoms. The van der Waals surface area contributed by atoms with Crippen molar-refractivity contribution in [1.29, 1.82) is 0 Å². The second kappa shape index (κ2) is 14.7. The first-order valence-corrected chi connectivity index (χ1v) is 12.9. The minimum Gasteiger partial charge on any atom is -0.493 e. The number of rotatable bonds is 13. The molecule has 2 rings (SSSR count). The maximum atomic E-state index is 12.4. The van der Waals surface area contributed by atoms with Crippen LogP contribution in [0.25, 0.3) is 5.76 Å². The minimum absolute atomic E-state index is 0.00562. The number of hydrogen-bond donors (Lipinski definition) is 1. The highest BCUT2D eigenvalue weighted by atomic mass is 32.2. The van der Waals surface area contributed by atoms with E-state index in [0.29, 0.717) is 19.8 Å². The van der Waals surface area contributed by atoms with Gasteiger partial charge in [0.2, 0.25) is 5.91 Å². The van der Waals surface area contributed by atoms with E-state index in [2.05, 4.69) is 50.4 Å². The van der Waals surface area contributed by atoms with Gasteiger partial charge in [0.1, 0.15) is 5.76 Å². The first kappa shape index (κ1) is 27.8. The zero-order valence-electron chi connectivity index (χ0n) is 21.4. The molecular weight excluding hydrogens is 446 g/mol. The molecule has 0 radical (unpaired) electrons. The molecule has 1 saturated heterocycles. The number of amides is 1. The lowest BCUT2D eigenvalue weighted by atomic mass is 10.0. The summed E-state index contributed by atoms with van der Waals surface area (Å²) in [6.07, 6.45) is 11.5. The molecule has 5 nitrogen and oxygen atoms in total. The summed E-state index contributed by atoms with van der Waals surface area (Å²) in [7, 11) is 1.71. The standard InChI is InChI=1S/C28H39NO4S/c1-7-11-13-21(26(9-3)34-27(31-6)12-8-2)16-25(33-10-4)24-17-23(15-14-20(24)5)29-28(30)22-18-32-19-22/h9,12-17,22H,7-8,10-11,18-19H2,1-6H3,(H,29,30)/b21-13-,25-16+,26-9-,27-12-. The van der Waals surface area contributed by atoms with Crippen LogP contribution < -0.4 is 5.32 Å². The van der Waals surface area contributed by atoms with Crippen molar-refractivity contribution in [3.63, 3.8) is 0 Å². The zero-order chi connectivity index (χ0) is 24.9. The van der Waals surface area contributed by atoms with E-state index >= 15 is 0 Å². The summed E-state index contributed by atoms with van der Waals surface area (Å²) in [5.41, 5.74) is 3.90. The molecule has 0 unspecified atom stereocenters. The fourth-order valence-corrected chi connectivity index (χ4v) is 4.28. The number of anilines is 1. The molecule has 1 aromatic rings. The van der Waals surface area contributed by atoms with Gasteiger partial charge in [-0.05, 0) is 69.0 Å². The number of carbonyl (C=O) groups excluding carboxylic acids is 1. The predicted octanol–water partition coefficient (Wildman–Crippen LogP) is 7.22. The second-order valence-electron chi connectivity index (χ2n) is 8.03. The van der Waals surface area contributed by atoms with Crippen molar-refractivity contribution in [2.45, 2.75) is 53.9 Å². The van der Waals surface area contributed by atoms with Crippen LogP contribution in [0.4, 0.5) is 5.69 Å². The Morgan fingerprint density at radius 1 is 1.24 bits per heavy atom. The average molecular weight is 486 g/mol. The summed E-state index contributed by atoms with van der Waals surface area (Å²) in [5, 5.41) is 3.90. The Bertz CT molecular complexity index is 942. The average Bonchev–Trinajstić information content (AvgIpc) is 2.79. The highest BCUT2D eigenvalue weighted by molar-refractivity contribution is 8.06. The summed E-state index contributed by atoms with van der Waals surface area (Å²) in [4.78, 5) is 13.5. The summed E-state index contributed by atoms with van der Waals surface area (Å²) in [6.45, 7) is 11.9. The first-order chi connectivity index (χ1) is 16.5. The maximum absolute atomic E-state index is 12.4. The van der Waals surface area contributed by atoms with Crippen LogP contribution in [0.15, 0.2) is 58.1 Å². The van der Waals surface area contributed by atoms with E-state index < -0.39 is 0 Å². The molecule has 34 heavy (non-hydrogen) atoms. The maximum Gasteiger partial charge on any atom is 0.232 e. The Morgan fingerprint density at radius 3 is 2.56 bits per heavy atom. The molecule has 1 heterocycles. The van der Waals surface area contributed by atoms with Gasteiger partial charge in [0, 0.05) is 16.2 Å². The Hall–Kier alpha value is -2.44. The number of allylic oxidation sites excluding steroid dienone is 5. The zero-order valence-corrected chi connectivity index (χ0v) is 22.2. The Morgan fingerprint density at radius 2 is 2.00 bits per heavy atom. The Labute approximate surface area is 209 Å². The van der Waals surface area contributed by atoms with E-state index in [-0.39, 0.29) is 11.8 Å². The number of unbranched alkanes of at least 4 members (excludes halogenated alkanes) is 1. The molecular formula is C28H39NO4S. The molecule has 1 aliphatic heterocycles. The van der Waals surface area contributed by atoms with Crippen LogP contribution in [0.1, 0.15) is 58.1 Å². The van der Waals surface area contributed by atoms with Gasteiger partial charge < -0.3 is 19.5 Å². The number of benzene rings is 1. The summed E-state index contributed by atoms with van der Waals surface area (Å²) in [5.74, 6) is 0.702. The van der Waals surface area contributed by atoms with E-state index in [1.54, 1.807) is 18.9 Å². The lowest BCUT2D eigenvalue weighted by molar-refractivity contribution is -0.133. The van der Waals surface area contributed by atoms with Crippen LogP contribution in [-0.2, 0) is 19.0 Å². The minimum atomic E-state index is -0.0735. The SMILES string of the molecule is C/C=C(S/C(=C\CC)OC)/C(=C\CCC)/C=C(/OCC)c1cc(NC(=O)C2COC2)ccc1C. The summed E-state index contributed by atoms with van der Waals surface area (Å²) < 4.78 is 16.9. The smallest absolute Gasteiger partial charge is 0.232 e.